The first kappa shape index (κ1) is 17.6. The average Bonchev–Trinajstić information content (AvgIpc) is 2.74. The van der Waals surface area contributed by atoms with Crippen molar-refractivity contribution in [2.75, 3.05) is 27.9 Å². The summed E-state index contributed by atoms with van der Waals surface area (Å²) in [5, 5.41) is 3.71. The summed E-state index contributed by atoms with van der Waals surface area (Å²) >= 11 is 0. The third-order valence-corrected chi connectivity index (χ3v) is 5.08. The first-order valence-electron chi connectivity index (χ1n) is 8.64. The summed E-state index contributed by atoms with van der Waals surface area (Å²) in [6.45, 7) is 5.43. The van der Waals surface area contributed by atoms with Crippen LogP contribution >= 0.6 is 0 Å². The number of benzene rings is 2. The molecule has 0 saturated carbocycles. The van der Waals surface area contributed by atoms with E-state index >= 15 is 0 Å². The number of methoxy groups -OCH3 is 3. The van der Waals surface area contributed by atoms with Crippen molar-refractivity contribution in [3.8, 4) is 17.2 Å². The number of hydrogen-bond acceptors (Lipinski definition) is 4. The monoisotopic (exact) mass is 341 g/mol. The minimum Gasteiger partial charge on any atom is -0.497 e. The fraction of sp³-hybridized carbons (Fsp3) is 0.429. The molecule has 1 atom stereocenters. The van der Waals surface area contributed by atoms with Crippen molar-refractivity contribution in [1.82, 2.24) is 5.32 Å². The molecule has 0 amide bonds. The lowest BCUT2D eigenvalue weighted by Crippen LogP contribution is -2.44. The molecule has 1 unspecified atom stereocenters. The Hall–Kier alpha value is -2.20. The van der Waals surface area contributed by atoms with E-state index in [1.54, 1.807) is 21.3 Å². The summed E-state index contributed by atoms with van der Waals surface area (Å²) in [6.07, 6.45) is 0.958. The Bertz CT molecular complexity index is 755. The van der Waals surface area contributed by atoms with Crippen molar-refractivity contribution < 1.29 is 14.2 Å². The zero-order valence-corrected chi connectivity index (χ0v) is 15.7. The van der Waals surface area contributed by atoms with Crippen LogP contribution in [0.3, 0.4) is 0 Å². The second-order valence-corrected chi connectivity index (χ2v) is 7.01. The van der Waals surface area contributed by atoms with Gasteiger partial charge in [-0.05, 0) is 67.8 Å². The number of nitrogens with one attached hydrogen (secondary N) is 1. The van der Waals surface area contributed by atoms with Gasteiger partial charge >= 0.3 is 0 Å². The molecule has 2 aromatic rings. The fourth-order valence-electron chi connectivity index (χ4n) is 3.85. The van der Waals surface area contributed by atoms with Gasteiger partial charge in [0.25, 0.3) is 0 Å². The Labute approximate surface area is 150 Å². The van der Waals surface area contributed by atoms with Crippen molar-refractivity contribution in [2.24, 2.45) is 0 Å². The van der Waals surface area contributed by atoms with Gasteiger partial charge in [-0.25, -0.2) is 0 Å². The van der Waals surface area contributed by atoms with Crippen LogP contribution in [0, 0.1) is 0 Å². The molecule has 2 aromatic carbocycles. The molecule has 1 aliphatic heterocycles. The van der Waals surface area contributed by atoms with Crippen molar-refractivity contribution in [1.29, 1.82) is 0 Å². The molecule has 0 spiro atoms. The molecule has 1 N–H and O–H groups in total. The van der Waals surface area contributed by atoms with E-state index in [2.05, 4.69) is 49.5 Å². The molecule has 0 fully saturated rings. The average molecular weight is 341 g/mol. The zero-order valence-electron chi connectivity index (χ0n) is 15.7. The van der Waals surface area contributed by atoms with Crippen LogP contribution in [0.25, 0.3) is 0 Å². The molecule has 0 bridgehead atoms. The molecule has 3 rings (SSSR count). The predicted octanol–water partition coefficient (Wildman–Crippen LogP) is 3.77. The number of ether oxygens (including phenoxy) is 3. The minimum atomic E-state index is -0.1000. The van der Waals surface area contributed by atoms with Gasteiger partial charge in [-0.15, -0.1) is 0 Å². The highest BCUT2D eigenvalue weighted by molar-refractivity contribution is 5.53. The Morgan fingerprint density at radius 3 is 2.36 bits per heavy atom. The summed E-state index contributed by atoms with van der Waals surface area (Å²) in [7, 11) is 5.07. The van der Waals surface area contributed by atoms with Crippen LogP contribution in [0.5, 0.6) is 17.2 Å². The third-order valence-electron chi connectivity index (χ3n) is 5.08. The quantitative estimate of drug-likeness (QED) is 0.919. The molecule has 0 aromatic heterocycles. The van der Waals surface area contributed by atoms with Gasteiger partial charge in [0.05, 0.1) is 21.3 Å². The second kappa shape index (κ2) is 6.96. The highest BCUT2D eigenvalue weighted by atomic mass is 16.5. The first-order chi connectivity index (χ1) is 12.0. The molecule has 134 valence electrons. The third kappa shape index (κ3) is 3.31. The Kier molecular flexibility index (Phi) is 4.91. The molecule has 1 aliphatic rings. The normalized spacial score (nSPS) is 18.8. The van der Waals surface area contributed by atoms with E-state index in [1.807, 2.05) is 6.07 Å². The Morgan fingerprint density at radius 2 is 1.68 bits per heavy atom. The smallest absolute Gasteiger partial charge is 0.161 e. The summed E-state index contributed by atoms with van der Waals surface area (Å²) in [5.41, 5.74) is 3.70. The number of fused-ring (bicyclic) bond motifs is 1. The lowest BCUT2D eigenvalue weighted by molar-refractivity contribution is 0.349. The van der Waals surface area contributed by atoms with Crippen LogP contribution < -0.4 is 19.5 Å². The van der Waals surface area contributed by atoms with E-state index in [0.717, 1.165) is 30.2 Å². The van der Waals surface area contributed by atoms with Gasteiger partial charge in [0, 0.05) is 11.5 Å². The van der Waals surface area contributed by atoms with Gasteiger partial charge in [0.15, 0.2) is 11.5 Å². The van der Waals surface area contributed by atoms with Crippen LogP contribution in [-0.2, 0) is 6.42 Å². The van der Waals surface area contributed by atoms with E-state index in [-0.39, 0.29) is 11.5 Å². The van der Waals surface area contributed by atoms with Crippen molar-refractivity contribution >= 4 is 0 Å². The van der Waals surface area contributed by atoms with Crippen LogP contribution in [-0.4, -0.2) is 33.4 Å². The maximum atomic E-state index is 5.57. The van der Waals surface area contributed by atoms with Gasteiger partial charge in [-0.2, -0.15) is 0 Å². The fourth-order valence-corrected chi connectivity index (χ4v) is 3.85. The maximum absolute atomic E-state index is 5.57. The van der Waals surface area contributed by atoms with E-state index in [1.165, 1.54) is 16.7 Å². The second-order valence-electron chi connectivity index (χ2n) is 7.01. The predicted molar refractivity (Wildman–Crippen MR) is 100 cm³/mol. The van der Waals surface area contributed by atoms with Gasteiger partial charge in [0.2, 0.25) is 0 Å². The number of rotatable bonds is 4. The molecule has 25 heavy (non-hydrogen) atoms. The van der Waals surface area contributed by atoms with E-state index in [9.17, 15) is 0 Å². The van der Waals surface area contributed by atoms with Crippen molar-refractivity contribution in [3.63, 3.8) is 0 Å². The lowest BCUT2D eigenvalue weighted by Gasteiger charge is -2.35. The summed E-state index contributed by atoms with van der Waals surface area (Å²) in [6, 6.07) is 12.6. The summed E-state index contributed by atoms with van der Waals surface area (Å²) in [4.78, 5) is 0. The van der Waals surface area contributed by atoms with Gasteiger partial charge in [-0.3, -0.25) is 0 Å². The standard InChI is InChI=1S/C21H27NO3/c1-21(2)20(15-7-6-8-16(11-15)23-3)17-13-19(25-5)18(24-4)12-14(17)9-10-22-21/h6-8,11-13,20,22H,9-10H2,1-5H3. The van der Waals surface area contributed by atoms with Crippen LogP contribution in [0.2, 0.25) is 0 Å². The van der Waals surface area contributed by atoms with E-state index < -0.39 is 0 Å². The minimum absolute atomic E-state index is 0.1000. The highest BCUT2D eigenvalue weighted by Gasteiger charge is 2.36. The summed E-state index contributed by atoms with van der Waals surface area (Å²) in [5.74, 6) is 2.61. The van der Waals surface area contributed by atoms with Crippen LogP contribution in [0.1, 0.15) is 36.5 Å². The molecule has 4 heteroatoms. The molecule has 0 radical (unpaired) electrons. The van der Waals surface area contributed by atoms with Gasteiger partial charge in [-0.1, -0.05) is 12.1 Å². The van der Waals surface area contributed by atoms with Crippen LogP contribution in [0.4, 0.5) is 0 Å². The Balaban J connectivity index is 2.21. The molecular weight excluding hydrogens is 314 g/mol. The van der Waals surface area contributed by atoms with Crippen molar-refractivity contribution in [2.45, 2.75) is 31.7 Å². The van der Waals surface area contributed by atoms with Crippen LogP contribution in [0.15, 0.2) is 36.4 Å². The Morgan fingerprint density at radius 1 is 0.960 bits per heavy atom. The molecular formula is C21H27NO3. The van der Waals surface area contributed by atoms with Crippen molar-refractivity contribution in [3.05, 3.63) is 53.1 Å². The van der Waals surface area contributed by atoms with E-state index in [4.69, 9.17) is 14.2 Å². The first-order valence-corrected chi connectivity index (χ1v) is 8.64. The summed E-state index contributed by atoms with van der Waals surface area (Å²) < 4.78 is 16.5. The molecule has 1 heterocycles. The molecule has 4 nitrogen and oxygen atoms in total. The SMILES string of the molecule is COc1cccc(C2c3cc(OC)c(OC)cc3CCNC2(C)C)c1. The van der Waals surface area contributed by atoms with E-state index in [0.29, 0.717) is 0 Å². The zero-order chi connectivity index (χ0) is 18.0. The largest absolute Gasteiger partial charge is 0.497 e. The maximum Gasteiger partial charge on any atom is 0.161 e. The topological polar surface area (TPSA) is 39.7 Å². The highest BCUT2D eigenvalue weighted by Crippen LogP contribution is 2.43. The number of hydrogen-bond donors (Lipinski definition) is 1. The molecule has 0 aliphatic carbocycles. The molecule has 0 saturated heterocycles. The lowest BCUT2D eigenvalue weighted by atomic mass is 9.76. The van der Waals surface area contributed by atoms with Gasteiger partial charge < -0.3 is 19.5 Å². The van der Waals surface area contributed by atoms with Gasteiger partial charge in [0.1, 0.15) is 5.75 Å².